The van der Waals surface area contributed by atoms with Crippen molar-refractivity contribution in [1.82, 2.24) is 0 Å². The number of rotatable bonds is 4. The number of aromatic hydroxyl groups is 1. The summed E-state index contributed by atoms with van der Waals surface area (Å²) < 4.78 is 0. The average Bonchev–Trinajstić information content (AvgIpc) is 2.45. The number of ketones is 1. The maximum atomic E-state index is 12.0. The van der Waals surface area contributed by atoms with Crippen molar-refractivity contribution in [2.45, 2.75) is 6.92 Å². The second-order valence-electron chi connectivity index (χ2n) is 4.52. The smallest absolute Gasteiger partial charge is 0.221 e. The number of phenolic OH excluding ortho intramolecular Hbond substituents is 1. The van der Waals surface area contributed by atoms with Crippen LogP contribution in [0, 0.1) is 0 Å². The topological polar surface area (TPSA) is 66.4 Å². The van der Waals surface area contributed by atoms with E-state index >= 15 is 0 Å². The van der Waals surface area contributed by atoms with Crippen molar-refractivity contribution in [3.05, 3.63) is 65.7 Å². The Morgan fingerprint density at radius 2 is 1.86 bits per heavy atom. The number of hydrogen-bond donors (Lipinski definition) is 2. The van der Waals surface area contributed by atoms with Crippen molar-refractivity contribution in [1.29, 1.82) is 0 Å². The van der Waals surface area contributed by atoms with Crippen LogP contribution < -0.4 is 5.32 Å². The lowest BCUT2D eigenvalue weighted by molar-refractivity contribution is -0.114. The zero-order chi connectivity index (χ0) is 15.2. The van der Waals surface area contributed by atoms with Gasteiger partial charge in [0, 0.05) is 12.6 Å². The van der Waals surface area contributed by atoms with E-state index in [0.29, 0.717) is 5.69 Å². The number of hydrogen-bond acceptors (Lipinski definition) is 3. The average molecular weight is 281 g/mol. The van der Waals surface area contributed by atoms with Crippen molar-refractivity contribution >= 4 is 23.5 Å². The fraction of sp³-hybridized carbons (Fsp3) is 0.0588. The van der Waals surface area contributed by atoms with E-state index in [1.165, 1.54) is 19.1 Å². The molecule has 0 aliphatic carbocycles. The molecule has 2 N–H and O–H groups in total. The van der Waals surface area contributed by atoms with Crippen LogP contribution in [0.3, 0.4) is 0 Å². The van der Waals surface area contributed by atoms with Gasteiger partial charge in [-0.1, -0.05) is 30.3 Å². The first-order valence-electron chi connectivity index (χ1n) is 6.44. The quantitative estimate of drug-likeness (QED) is 0.668. The zero-order valence-electron chi connectivity index (χ0n) is 11.5. The van der Waals surface area contributed by atoms with Crippen LogP contribution in [0.2, 0.25) is 0 Å². The molecule has 0 aliphatic rings. The van der Waals surface area contributed by atoms with E-state index in [4.69, 9.17) is 0 Å². The molecule has 2 aromatic rings. The van der Waals surface area contributed by atoms with Crippen LogP contribution in [0.25, 0.3) is 6.08 Å². The van der Waals surface area contributed by atoms with Crippen LogP contribution in [0.5, 0.6) is 5.75 Å². The SMILES string of the molecule is CC(=O)Nc1cccc(C=CC(=O)c2ccccc2O)c1. The monoisotopic (exact) mass is 281 g/mol. The van der Waals surface area contributed by atoms with E-state index in [1.807, 2.05) is 6.07 Å². The highest BCUT2D eigenvalue weighted by Gasteiger charge is 2.06. The van der Waals surface area contributed by atoms with Crippen molar-refractivity contribution in [2.24, 2.45) is 0 Å². The van der Waals surface area contributed by atoms with E-state index in [0.717, 1.165) is 5.56 Å². The molecule has 4 heteroatoms. The van der Waals surface area contributed by atoms with Crippen molar-refractivity contribution in [3.8, 4) is 5.75 Å². The number of carbonyl (C=O) groups is 2. The van der Waals surface area contributed by atoms with E-state index in [1.54, 1.807) is 42.5 Å². The predicted octanol–water partition coefficient (Wildman–Crippen LogP) is 3.25. The molecule has 0 aliphatic heterocycles. The number of allylic oxidation sites excluding steroid dienone is 1. The Balaban J connectivity index is 2.16. The van der Waals surface area contributed by atoms with Gasteiger partial charge < -0.3 is 10.4 Å². The van der Waals surface area contributed by atoms with Crippen LogP contribution in [0.15, 0.2) is 54.6 Å². The molecular weight excluding hydrogens is 266 g/mol. The lowest BCUT2D eigenvalue weighted by Crippen LogP contribution is -2.05. The summed E-state index contributed by atoms with van der Waals surface area (Å²) in [5.74, 6) is -0.474. The maximum Gasteiger partial charge on any atom is 0.221 e. The molecule has 0 atom stereocenters. The molecule has 0 bridgehead atoms. The summed E-state index contributed by atoms with van der Waals surface area (Å²) >= 11 is 0. The van der Waals surface area contributed by atoms with Gasteiger partial charge in [-0.2, -0.15) is 0 Å². The summed E-state index contributed by atoms with van der Waals surface area (Å²) in [6.45, 7) is 1.43. The number of nitrogens with one attached hydrogen (secondary N) is 1. The third kappa shape index (κ3) is 4.04. The summed E-state index contributed by atoms with van der Waals surface area (Å²) in [7, 11) is 0. The number of para-hydroxylation sites is 1. The van der Waals surface area contributed by atoms with Crippen LogP contribution >= 0.6 is 0 Å². The van der Waals surface area contributed by atoms with Crippen LogP contribution in [-0.2, 0) is 4.79 Å². The van der Waals surface area contributed by atoms with Gasteiger partial charge in [0.15, 0.2) is 5.78 Å². The molecule has 0 aromatic heterocycles. The highest BCUT2D eigenvalue weighted by atomic mass is 16.3. The van der Waals surface area contributed by atoms with E-state index in [-0.39, 0.29) is 23.0 Å². The minimum atomic E-state index is -0.280. The molecule has 2 aromatic carbocycles. The Morgan fingerprint density at radius 1 is 1.10 bits per heavy atom. The van der Waals surface area contributed by atoms with Gasteiger partial charge in [0.05, 0.1) is 5.56 Å². The van der Waals surface area contributed by atoms with Crippen molar-refractivity contribution in [3.63, 3.8) is 0 Å². The Kier molecular flexibility index (Phi) is 4.51. The second kappa shape index (κ2) is 6.52. The third-order valence-electron chi connectivity index (χ3n) is 2.80. The molecule has 4 nitrogen and oxygen atoms in total. The number of carbonyl (C=O) groups excluding carboxylic acids is 2. The van der Waals surface area contributed by atoms with Gasteiger partial charge in [-0.25, -0.2) is 0 Å². The lowest BCUT2D eigenvalue weighted by atomic mass is 10.1. The summed E-state index contributed by atoms with van der Waals surface area (Å²) in [6, 6.07) is 13.5. The molecule has 0 unspecified atom stereocenters. The molecule has 0 saturated carbocycles. The fourth-order valence-corrected chi connectivity index (χ4v) is 1.87. The van der Waals surface area contributed by atoms with Gasteiger partial charge in [0.2, 0.25) is 5.91 Å². The summed E-state index contributed by atoms with van der Waals surface area (Å²) in [5, 5.41) is 12.3. The molecule has 1 amide bonds. The zero-order valence-corrected chi connectivity index (χ0v) is 11.5. The molecule has 0 heterocycles. The molecule has 2 rings (SSSR count). The number of amides is 1. The van der Waals surface area contributed by atoms with Crippen LogP contribution in [-0.4, -0.2) is 16.8 Å². The largest absolute Gasteiger partial charge is 0.507 e. The van der Waals surface area contributed by atoms with Gasteiger partial charge in [-0.15, -0.1) is 0 Å². The van der Waals surface area contributed by atoms with E-state index in [9.17, 15) is 14.7 Å². The summed E-state index contributed by atoms with van der Waals surface area (Å²) in [4.78, 5) is 23.0. The van der Waals surface area contributed by atoms with Crippen molar-refractivity contribution in [2.75, 3.05) is 5.32 Å². The van der Waals surface area contributed by atoms with Crippen molar-refractivity contribution < 1.29 is 14.7 Å². The molecule has 21 heavy (non-hydrogen) atoms. The van der Waals surface area contributed by atoms with Gasteiger partial charge in [-0.3, -0.25) is 9.59 Å². The highest BCUT2D eigenvalue weighted by molar-refractivity contribution is 6.08. The van der Waals surface area contributed by atoms with Gasteiger partial charge in [0.25, 0.3) is 0 Å². The van der Waals surface area contributed by atoms with Gasteiger partial charge in [0.1, 0.15) is 5.75 Å². The molecule has 0 radical (unpaired) electrons. The maximum absolute atomic E-state index is 12.0. The number of anilines is 1. The Bertz CT molecular complexity index is 705. The summed E-state index contributed by atoms with van der Waals surface area (Å²) in [5.41, 5.74) is 1.71. The fourth-order valence-electron chi connectivity index (χ4n) is 1.87. The Hall–Kier alpha value is -2.88. The van der Waals surface area contributed by atoms with E-state index < -0.39 is 0 Å². The van der Waals surface area contributed by atoms with Crippen LogP contribution in [0.4, 0.5) is 5.69 Å². The summed E-state index contributed by atoms with van der Waals surface area (Å²) in [6.07, 6.45) is 3.03. The minimum Gasteiger partial charge on any atom is -0.507 e. The first-order valence-corrected chi connectivity index (χ1v) is 6.44. The molecule has 0 spiro atoms. The minimum absolute atomic E-state index is 0.0425. The standard InChI is InChI=1S/C17H15NO3/c1-12(19)18-14-6-4-5-13(11-14)9-10-17(21)15-7-2-3-8-16(15)20/h2-11,20H,1H3,(H,18,19). The van der Waals surface area contributed by atoms with Crippen LogP contribution in [0.1, 0.15) is 22.8 Å². The van der Waals surface area contributed by atoms with E-state index in [2.05, 4.69) is 5.32 Å². The van der Waals surface area contributed by atoms with Gasteiger partial charge in [-0.05, 0) is 35.9 Å². The Labute approximate surface area is 122 Å². The molecule has 106 valence electrons. The third-order valence-corrected chi connectivity index (χ3v) is 2.80. The number of phenols is 1. The predicted molar refractivity (Wildman–Crippen MR) is 82.2 cm³/mol. The molecular formula is C17H15NO3. The number of benzene rings is 2. The first kappa shape index (κ1) is 14.5. The molecule has 0 saturated heterocycles. The highest BCUT2D eigenvalue weighted by Crippen LogP contribution is 2.18. The Morgan fingerprint density at radius 3 is 2.57 bits per heavy atom. The normalized spacial score (nSPS) is 10.5. The second-order valence-corrected chi connectivity index (χ2v) is 4.52. The van der Waals surface area contributed by atoms with Gasteiger partial charge >= 0.3 is 0 Å². The molecule has 0 fully saturated rings. The lowest BCUT2D eigenvalue weighted by Gasteiger charge is -2.03. The first-order chi connectivity index (χ1) is 10.1.